The van der Waals surface area contributed by atoms with Crippen LogP contribution in [0.5, 0.6) is 0 Å². The van der Waals surface area contributed by atoms with Crippen molar-refractivity contribution in [3.05, 3.63) is 98.0 Å². The number of amides is 1. The van der Waals surface area contributed by atoms with E-state index in [2.05, 4.69) is 10.3 Å². The van der Waals surface area contributed by atoms with Gasteiger partial charge in [0.2, 0.25) is 0 Å². The molecule has 1 amide bonds. The van der Waals surface area contributed by atoms with Crippen molar-refractivity contribution in [3.8, 4) is 0 Å². The van der Waals surface area contributed by atoms with Gasteiger partial charge in [-0.1, -0.05) is 42.5 Å². The molecule has 0 radical (unpaired) electrons. The predicted molar refractivity (Wildman–Crippen MR) is 131 cm³/mol. The van der Waals surface area contributed by atoms with Crippen molar-refractivity contribution < 1.29 is 14.5 Å². The van der Waals surface area contributed by atoms with E-state index in [1.807, 2.05) is 43.3 Å². The molecule has 0 saturated heterocycles. The number of thiophene rings is 1. The number of fused-ring (bicyclic) bond motifs is 3. The molecule has 5 rings (SSSR count). The molecule has 3 heterocycles. The highest BCUT2D eigenvalue weighted by Crippen LogP contribution is 2.45. The molecule has 1 aliphatic heterocycles. The number of benzene rings is 2. The largest absolute Gasteiger partial charge is 0.380 e. The van der Waals surface area contributed by atoms with Crippen LogP contribution in [-0.4, -0.2) is 27.8 Å². The Hall–Kier alpha value is -3.82. The molecule has 8 nitrogen and oxygen atoms in total. The summed E-state index contributed by atoms with van der Waals surface area (Å²) in [5.74, 6) is -0.190. The fourth-order valence-electron chi connectivity index (χ4n) is 4.41. The maximum Gasteiger partial charge on any atom is 0.276 e. The summed E-state index contributed by atoms with van der Waals surface area (Å²) >= 11 is 1.33. The van der Waals surface area contributed by atoms with Gasteiger partial charge in [0.1, 0.15) is 15.9 Å². The minimum absolute atomic E-state index is 0.0417. The van der Waals surface area contributed by atoms with Gasteiger partial charge in [0.15, 0.2) is 0 Å². The summed E-state index contributed by atoms with van der Waals surface area (Å²) in [5, 5.41) is 16.1. The lowest BCUT2D eigenvalue weighted by molar-refractivity contribution is -0.385. The fraction of sp³-hybridized carbons (Fsp3) is 0.200. The number of nitro groups is 1. The van der Waals surface area contributed by atoms with E-state index in [0.717, 1.165) is 27.0 Å². The monoisotopic (exact) mass is 474 g/mol. The minimum Gasteiger partial charge on any atom is -0.380 e. The number of pyridine rings is 1. The number of carbonyl (C=O) groups is 1. The lowest BCUT2D eigenvalue weighted by atomic mass is 10.0. The standard InChI is InChI=1S/C25H22N4O4S/c1-15-12-17(14-33-2)20-21-22(34-24(20)26-15)25(30)28(13-16-8-4-3-5-9-16)23(27-21)18-10-6-7-11-19(18)29(31)32/h3-12,23,27H,13-14H2,1-2H3/t23-/m1/s1. The first-order chi connectivity index (χ1) is 16.5. The Morgan fingerprint density at radius 3 is 2.65 bits per heavy atom. The molecular formula is C25H22N4O4S. The Morgan fingerprint density at radius 1 is 1.18 bits per heavy atom. The molecule has 172 valence electrons. The van der Waals surface area contributed by atoms with E-state index >= 15 is 0 Å². The highest BCUT2D eigenvalue weighted by molar-refractivity contribution is 7.21. The van der Waals surface area contributed by atoms with Gasteiger partial charge in [0.25, 0.3) is 11.6 Å². The number of hydrogen-bond acceptors (Lipinski definition) is 7. The average Bonchev–Trinajstić information content (AvgIpc) is 3.20. The summed E-state index contributed by atoms with van der Waals surface area (Å²) in [6, 6.07) is 18.1. The normalized spacial score (nSPS) is 15.3. The van der Waals surface area contributed by atoms with Crippen molar-refractivity contribution in [2.45, 2.75) is 26.2 Å². The van der Waals surface area contributed by atoms with E-state index in [9.17, 15) is 14.9 Å². The molecule has 1 N–H and O–H groups in total. The first-order valence-electron chi connectivity index (χ1n) is 10.7. The number of hydrogen-bond donors (Lipinski definition) is 1. The van der Waals surface area contributed by atoms with E-state index in [1.54, 1.807) is 30.2 Å². The number of nitrogens with zero attached hydrogens (tertiary/aromatic N) is 3. The summed E-state index contributed by atoms with van der Waals surface area (Å²) in [6.45, 7) is 2.57. The number of anilines is 1. The third kappa shape index (κ3) is 3.78. The van der Waals surface area contributed by atoms with Gasteiger partial charge in [-0.3, -0.25) is 14.9 Å². The number of ether oxygens (including phenoxy) is 1. The molecule has 0 bridgehead atoms. The summed E-state index contributed by atoms with van der Waals surface area (Å²) < 4.78 is 5.40. The molecule has 0 fully saturated rings. The van der Waals surface area contributed by atoms with Crippen LogP contribution < -0.4 is 5.32 Å². The lowest BCUT2D eigenvalue weighted by Crippen LogP contribution is -2.42. The van der Waals surface area contributed by atoms with Crippen LogP contribution in [0, 0.1) is 17.0 Å². The van der Waals surface area contributed by atoms with Crippen LogP contribution in [0.25, 0.3) is 10.2 Å². The van der Waals surface area contributed by atoms with Crippen molar-refractivity contribution in [2.75, 3.05) is 12.4 Å². The van der Waals surface area contributed by atoms with Crippen molar-refractivity contribution in [1.29, 1.82) is 0 Å². The number of aromatic nitrogens is 1. The Labute approximate surface area is 200 Å². The molecule has 2 aromatic heterocycles. The minimum atomic E-state index is -0.726. The van der Waals surface area contributed by atoms with Crippen LogP contribution in [0.1, 0.15) is 38.2 Å². The first-order valence-corrected chi connectivity index (χ1v) is 11.6. The molecule has 9 heteroatoms. The Balaban J connectivity index is 1.71. The summed E-state index contributed by atoms with van der Waals surface area (Å²) in [4.78, 5) is 32.9. The van der Waals surface area contributed by atoms with Gasteiger partial charge in [-0.2, -0.15) is 0 Å². The molecular weight excluding hydrogens is 452 g/mol. The zero-order valence-corrected chi connectivity index (χ0v) is 19.5. The fourth-order valence-corrected chi connectivity index (χ4v) is 5.59. The van der Waals surface area contributed by atoms with Crippen molar-refractivity contribution >= 4 is 38.8 Å². The molecule has 4 aromatic rings. The van der Waals surface area contributed by atoms with Crippen LogP contribution in [-0.2, 0) is 17.9 Å². The number of nitro benzene ring substituents is 1. The molecule has 0 unspecified atom stereocenters. The molecule has 0 aliphatic carbocycles. The van der Waals surface area contributed by atoms with Gasteiger partial charge >= 0.3 is 0 Å². The van der Waals surface area contributed by atoms with Crippen molar-refractivity contribution in [3.63, 3.8) is 0 Å². The van der Waals surface area contributed by atoms with Crippen LogP contribution in [0.4, 0.5) is 11.4 Å². The summed E-state index contributed by atoms with van der Waals surface area (Å²) in [5.41, 5.74) is 3.72. The number of para-hydroxylation sites is 1. The van der Waals surface area contributed by atoms with Gasteiger partial charge in [0.05, 0.1) is 22.8 Å². The van der Waals surface area contributed by atoms with Gasteiger partial charge in [-0.25, -0.2) is 4.98 Å². The Kier molecular flexibility index (Phi) is 5.72. The SMILES string of the molecule is COCc1cc(C)nc2sc3c(c12)N[C@@H](c1ccccc1[N+](=O)[O-])N(Cc1ccccc1)C3=O. The average molecular weight is 475 g/mol. The second kappa shape index (κ2) is 8.85. The van der Waals surface area contributed by atoms with E-state index in [0.29, 0.717) is 29.3 Å². The summed E-state index contributed by atoms with van der Waals surface area (Å²) in [6.07, 6.45) is -0.726. The molecule has 0 saturated carbocycles. The van der Waals surface area contributed by atoms with Crippen molar-refractivity contribution in [2.24, 2.45) is 0 Å². The zero-order valence-electron chi connectivity index (χ0n) is 18.6. The van der Waals surface area contributed by atoms with E-state index in [-0.39, 0.29) is 11.6 Å². The van der Waals surface area contributed by atoms with Crippen LogP contribution in [0.3, 0.4) is 0 Å². The molecule has 1 atom stereocenters. The number of nitrogens with one attached hydrogen (secondary N) is 1. The highest BCUT2D eigenvalue weighted by Gasteiger charge is 2.39. The van der Waals surface area contributed by atoms with E-state index in [4.69, 9.17) is 4.74 Å². The van der Waals surface area contributed by atoms with Crippen LogP contribution in [0.15, 0.2) is 60.7 Å². The summed E-state index contributed by atoms with van der Waals surface area (Å²) in [7, 11) is 1.62. The first kappa shape index (κ1) is 22.0. The maximum absolute atomic E-state index is 13.9. The number of rotatable bonds is 6. The van der Waals surface area contributed by atoms with Gasteiger partial charge in [-0.05, 0) is 30.2 Å². The molecule has 34 heavy (non-hydrogen) atoms. The lowest BCUT2D eigenvalue weighted by Gasteiger charge is -2.37. The second-order valence-corrected chi connectivity index (χ2v) is 9.12. The maximum atomic E-state index is 13.9. The third-order valence-electron chi connectivity index (χ3n) is 5.84. The predicted octanol–water partition coefficient (Wildman–Crippen LogP) is 5.43. The molecule has 2 aromatic carbocycles. The molecule has 0 spiro atoms. The number of methoxy groups -OCH3 is 1. The number of aryl methyl sites for hydroxylation is 1. The number of carbonyl (C=O) groups excluding carboxylic acids is 1. The second-order valence-electron chi connectivity index (χ2n) is 8.12. The van der Waals surface area contributed by atoms with Crippen molar-refractivity contribution in [1.82, 2.24) is 9.88 Å². The third-order valence-corrected chi connectivity index (χ3v) is 6.91. The van der Waals surface area contributed by atoms with Crippen LogP contribution >= 0.6 is 11.3 Å². The zero-order chi connectivity index (χ0) is 23.8. The van der Waals surface area contributed by atoms with E-state index < -0.39 is 11.1 Å². The topological polar surface area (TPSA) is 97.6 Å². The van der Waals surface area contributed by atoms with Gasteiger partial charge in [0, 0.05) is 30.8 Å². The van der Waals surface area contributed by atoms with Gasteiger partial charge < -0.3 is 15.0 Å². The van der Waals surface area contributed by atoms with Gasteiger partial charge in [-0.15, -0.1) is 11.3 Å². The smallest absolute Gasteiger partial charge is 0.276 e. The molecule has 1 aliphatic rings. The Morgan fingerprint density at radius 2 is 1.91 bits per heavy atom. The highest BCUT2D eigenvalue weighted by atomic mass is 32.1. The quantitative estimate of drug-likeness (QED) is 0.296. The Bertz CT molecular complexity index is 1400. The van der Waals surface area contributed by atoms with Crippen LogP contribution in [0.2, 0.25) is 0 Å². The van der Waals surface area contributed by atoms with E-state index in [1.165, 1.54) is 17.4 Å².